The van der Waals surface area contributed by atoms with Crippen LogP contribution in [0.1, 0.15) is 31.0 Å². The molecule has 7 nitrogen and oxygen atoms in total. The first-order valence-electron chi connectivity index (χ1n) is 4.72. The van der Waals surface area contributed by atoms with E-state index < -0.39 is 11.8 Å². The van der Waals surface area contributed by atoms with Gasteiger partial charge in [0.05, 0.1) is 0 Å². The first-order chi connectivity index (χ1) is 7.16. The minimum Gasteiger partial charge on any atom is -0.465 e. The SMILES string of the molecule is O=C(O)N[C@H]1CCC[C@H]1c1noc(=O)[nH]1. The number of aromatic amines is 1. The lowest BCUT2D eigenvalue weighted by atomic mass is 10.0. The third-order valence-electron chi connectivity index (χ3n) is 2.63. The Labute approximate surface area is 84.5 Å². The van der Waals surface area contributed by atoms with Crippen LogP contribution in [0.4, 0.5) is 4.79 Å². The molecule has 1 saturated carbocycles. The molecule has 1 amide bonds. The largest absolute Gasteiger partial charge is 0.465 e. The molecule has 2 rings (SSSR count). The lowest BCUT2D eigenvalue weighted by molar-refractivity contribution is 0.188. The Balaban J connectivity index is 2.14. The quantitative estimate of drug-likeness (QED) is 0.653. The number of aromatic nitrogens is 2. The molecule has 0 bridgehead atoms. The monoisotopic (exact) mass is 213 g/mol. The third-order valence-corrected chi connectivity index (χ3v) is 2.63. The van der Waals surface area contributed by atoms with Crippen LogP contribution in [0.25, 0.3) is 0 Å². The van der Waals surface area contributed by atoms with Gasteiger partial charge in [-0.3, -0.25) is 9.51 Å². The number of nitrogens with zero attached hydrogens (tertiary/aromatic N) is 1. The normalized spacial score (nSPS) is 25.3. The van der Waals surface area contributed by atoms with E-state index in [2.05, 4.69) is 20.0 Å². The molecule has 7 heteroatoms. The van der Waals surface area contributed by atoms with Gasteiger partial charge < -0.3 is 10.4 Å². The molecular formula is C8H11N3O4. The Bertz CT molecular complexity index is 410. The second kappa shape index (κ2) is 3.76. The molecule has 1 fully saturated rings. The summed E-state index contributed by atoms with van der Waals surface area (Å²) >= 11 is 0. The summed E-state index contributed by atoms with van der Waals surface area (Å²) in [7, 11) is 0. The highest BCUT2D eigenvalue weighted by molar-refractivity contribution is 5.65. The molecule has 1 heterocycles. The van der Waals surface area contributed by atoms with Gasteiger partial charge in [-0.1, -0.05) is 11.6 Å². The summed E-state index contributed by atoms with van der Waals surface area (Å²) in [6.07, 6.45) is 1.40. The predicted molar refractivity (Wildman–Crippen MR) is 48.7 cm³/mol. The number of hydrogen-bond donors (Lipinski definition) is 3. The van der Waals surface area contributed by atoms with Crippen molar-refractivity contribution in [3.8, 4) is 0 Å². The Morgan fingerprint density at radius 3 is 3.00 bits per heavy atom. The highest BCUT2D eigenvalue weighted by atomic mass is 16.5. The van der Waals surface area contributed by atoms with Gasteiger partial charge in [-0.15, -0.1) is 0 Å². The molecule has 15 heavy (non-hydrogen) atoms. The second-order valence-corrected chi connectivity index (χ2v) is 3.57. The van der Waals surface area contributed by atoms with Gasteiger partial charge in [0, 0.05) is 12.0 Å². The molecule has 82 valence electrons. The summed E-state index contributed by atoms with van der Waals surface area (Å²) in [5.41, 5.74) is 0. The number of nitrogens with one attached hydrogen (secondary N) is 2. The molecule has 0 spiro atoms. The number of rotatable bonds is 2. The summed E-state index contributed by atoms with van der Waals surface area (Å²) in [5.74, 6) is -0.269. The van der Waals surface area contributed by atoms with Crippen molar-refractivity contribution in [2.24, 2.45) is 0 Å². The Morgan fingerprint density at radius 2 is 2.40 bits per heavy atom. The molecule has 0 saturated heterocycles. The first-order valence-corrected chi connectivity index (χ1v) is 4.72. The van der Waals surface area contributed by atoms with E-state index >= 15 is 0 Å². The zero-order valence-corrected chi connectivity index (χ0v) is 7.90. The average molecular weight is 213 g/mol. The fourth-order valence-corrected chi connectivity index (χ4v) is 2.02. The molecule has 0 aliphatic heterocycles. The maximum Gasteiger partial charge on any atom is 0.438 e. The Kier molecular flexibility index (Phi) is 2.44. The van der Waals surface area contributed by atoms with Crippen molar-refractivity contribution in [3.63, 3.8) is 0 Å². The van der Waals surface area contributed by atoms with E-state index in [1.807, 2.05) is 0 Å². The van der Waals surface area contributed by atoms with E-state index in [-0.39, 0.29) is 12.0 Å². The fourth-order valence-electron chi connectivity index (χ4n) is 2.02. The maximum absolute atomic E-state index is 10.8. The fraction of sp³-hybridized carbons (Fsp3) is 0.625. The zero-order chi connectivity index (χ0) is 10.8. The van der Waals surface area contributed by atoms with Gasteiger partial charge in [0.15, 0.2) is 5.82 Å². The van der Waals surface area contributed by atoms with Gasteiger partial charge in [0.2, 0.25) is 0 Å². The van der Waals surface area contributed by atoms with E-state index in [0.717, 1.165) is 19.3 Å². The Morgan fingerprint density at radius 1 is 1.60 bits per heavy atom. The van der Waals surface area contributed by atoms with Gasteiger partial charge in [-0.05, 0) is 12.8 Å². The van der Waals surface area contributed by atoms with E-state index in [9.17, 15) is 9.59 Å². The predicted octanol–water partition coefficient (Wildman–Crippen LogP) is 0.267. The molecule has 0 unspecified atom stereocenters. The van der Waals surface area contributed by atoms with Crippen molar-refractivity contribution in [3.05, 3.63) is 16.4 Å². The van der Waals surface area contributed by atoms with Crippen LogP contribution in [-0.2, 0) is 0 Å². The number of hydrogen-bond acceptors (Lipinski definition) is 4. The second-order valence-electron chi connectivity index (χ2n) is 3.57. The highest BCUT2D eigenvalue weighted by Gasteiger charge is 2.32. The van der Waals surface area contributed by atoms with Crippen molar-refractivity contribution < 1.29 is 14.4 Å². The molecule has 1 aromatic heterocycles. The van der Waals surface area contributed by atoms with Crippen molar-refractivity contribution in [1.82, 2.24) is 15.5 Å². The summed E-state index contributed by atoms with van der Waals surface area (Å²) < 4.78 is 4.39. The van der Waals surface area contributed by atoms with E-state index in [0.29, 0.717) is 5.82 Å². The van der Waals surface area contributed by atoms with E-state index in [4.69, 9.17) is 5.11 Å². The summed E-state index contributed by atoms with van der Waals surface area (Å²) in [6.45, 7) is 0. The van der Waals surface area contributed by atoms with Gasteiger partial charge in [0.25, 0.3) is 0 Å². The molecule has 2 atom stereocenters. The molecule has 1 aliphatic rings. The highest BCUT2D eigenvalue weighted by Crippen LogP contribution is 2.32. The average Bonchev–Trinajstić information content (AvgIpc) is 2.72. The van der Waals surface area contributed by atoms with Crippen molar-refractivity contribution in [1.29, 1.82) is 0 Å². The van der Waals surface area contributed by atoms with Crippen LogP contribution in [0.15, 0.2) is 9.32 Å². The summed E-state index contributed by atoms with van der Waals surface area (Å²) in [4.78, 5) is 23.7. The van der Waals surface area contributed by atoms with Crippen molar-refractivity contribution in [2.45, 2.75) is 31.2 Å². The number of amides is 1. The lowest BCUT2D eigenvalue weighted by Crippen LogP contribution is -2.35. The van der Waals surface area contributed by atoms with Crippen molar-refractivity contribution >= 4 is 6.09 Å². The van der Waals surface area contributed by atoms with Crippen LogP contribution < -0.4 is 11.1 Å². The van der Waals surface area contributed by atoms with Gasteiger partial charge in [-0.25, -0.2) is 9.59 Å². The first kappa shape index (κ1) is 9.75. The summed E-state index contributed by atoms with van der Waals surface area (Å²) in [6, 6.07) is -0.191. The standard InChI is InChI=1S/C8H11N3O4/c12-7(13)9-5-3-1-2-4(5)6-10-8(14)15-11-6/h4-5,9H,1-3H2,(H,12,13)(H,10,11,14)/t4-,5+/m1/s1. The van der Waals surface area contributed by atoms with Gasteiger partial charge >= 0.3 is 11.8 Å². The zero-order valence-electron chi connectivity index (χ0n) is 7.90. The van der Waals surface area contributed by atoms with Crippen LogP contribution in [0.5, 0.6) is 0 Å². The van der Waals surface area contributed by atoms with E-state index in [1.54, 1.807) is 0 Å². The topological polar surface area (TPSA) is 108 Å². The summed E-state index contributed by atoms with van der Waals surface area (Å²) in [5, 5.41) is 14.6. The van der Waals surface area contributed by atoms with E-state index in [1.165, 1.54) is 0 Å². The van der Waals surface area contributed by atoms with Crippen LogP contribution >= 0.6 is 0 Å². The molecule has 3 N–H and O–H groups in total. The number of carboxylic acid groups (broad SMARTS) is 1. The maximum atomic E-state index is 10.8. The van der Waals surface area contributed by atoms with Crippen LogP contribution in [0.3, 0.4) is 0 Å². The smallest absolute Gasteiger partial charge is 0.438 e. The minimum absolute atomic E-state index is 0.0902. The number of H-pyrrole nitrogens is 1. The van der Waals surface area contributed by atoms with Gasteiger partial charge in [0.1, 0.15) is 0 Å². The molecule has 0 aromatic carbocycles. The van der Waals surface area contributed by atoms with Crippen LogP contribution in [0.2, 0.25) is 0 Å². The lowest BCUT2D eigenvalue weighted by Gasteiger charge is -2.15. The Hall–Kier alpha value is -1.79. The molecule has 0 radical (unpaired) electrons. The van der Waals surface area contributed by atoms with Crippen molar-refractivity contribution in [2.75, 3.05) is 0 Å². The van der Waals surface area contributed by atoms with Gasteiger partial charge in [-0.2, -0.15) is 0 Å². The van der Waals surface area contributed by atoms with Crippen LogP contribution in [0, 0.1) is 0 Å². The third kappa shape index (κ3) is 2.00. The molecule has 1 aliphatic carbocycles. The molecule has 1 aromatic rings. The van der Waals surface area contributed by atoms with Crippen LogP contribution in [-0.4, -0.2) is 27.4 Å². The minimum atomic E-state index is -1.06. The number of carbonyl (C=O) groups is 1. The molecular weight excluding hydrogens is 202 g/mol.